The van der Waals surface area contributed by atoms with Crippen molar-refractivity contribution in [3.63, 3.8) is 0 Å². The highest BCUT2D eigenvalue weighted by Crippen LogP contribution is 2.26. The van der Waals surface area contributed by atoms with Crippen molar-refractivity contribution in [3.05, 3.63) is 23.8 Å². The first-order valence-corrected chi connectivity index (χ1v) is 6.82. The molecule has 1 saturated heterocycles. The van der Waals surface area contributed by atoms with Gasteiger partial charge in [0.05, 0.1) is 0 Å². The molecule has 1 aromatic rings. The molecule has 1 heterocycles. The van der Waals surface area contributed by atoms with Gasteiger partial charge in [-0.25, -0.2) is 0 Å². The molecule has 0 amide bonds. The zero-order chi connectivity index (χ0) is 13.1. The number of rotatable bonds is 3. The van der Waals surface area contributed by atoms with Gasteiger partial charge in [-0.2, -0.15) is 0 Å². The zero-order valence-corrected chi connectivity index (χ0v) is 11.8. The summed E-state index contributed by atoms with van der Waals surface area (Å²) in [6.07, 6.45) is 2.62. The van der Waals surface area contributed by atoms with Crippen LogP contribution in [0.3, 0.4) is 0 Å². The first-order valence-electron chi connectivity index (χ1n) is 6.82. The smallest absolute Gasteiger partial charge is 0.0414 e. The molecule has 18 heavy (non-hydrogen) atoms. The van der Waals surface area contributed by atoms with Crippen LogP contribution in [0.5, 0.6) is 0 Å². The fourth-order valence-corrected chi connectivity index (χ4v) is 2.78. The third-order valence-corrected chi connectivity index (χ3v) is 4.13. The predicted octanol–water partition coefficient (Wildman–Crippen LogP) is 2.36. The Morgan fingerprint density at radius 1 is 1.33 bits per heavy atom. The Kier molecular flexibility index (Phi) is 4.12. The summed E-state index contributed by atoms with van der Waals surface area (Å²) >= 11 is 0. The Morgan fingerprint density at radius 2 is 2.00 bits per heavy atom. The van der Waals surface area contributed by atoms with Crippen LogP contribution >= 0.6 is 0 Å². The number of hydrogen-bond acceptors (Lipinski definition) is 3. The molecule has 0 bridgehead atoms. The fraction of sp³-hybridized carbons (Fsp3) is 0.600. The van der Waals surface area contributed by atoms with E-state index < -0.39 is 0 Å². The molecule has 1 aromatic carbocycles. The van der Waals surface area contributed by atoms with Crippen LogP contribution in [-0.2, 0) is 0 Å². The normalized spacial score (nSPS) is 17.9. The van der Waals surface area contributed by atoms with Crippen molar-refractivity contribution in [2.45, 2.75) is 19.8 Å². The molecule has 0 saturated carbocycles. The van der Waals surface area contributed by atoms with Gasteiger partial charge in [-0.05, 0) is 63.5 Å². The minimum Gasteiger partial charge on any atom is -0.398 e. The lowest BCUT2D eigenvalue weighted by atomic mass is 9.96. The Balaban J connectivity index is 1.99. The van der Waals surface area contributed by atoms with Crippen molar-refractivity contribution in [2.24, 2.45) is 5.92 Å². The average molecular weight is 247 g/mol. The molecule has 100 valence electrons. The number of piperidine rings is 1. The maximum absolute atomic E-state index is 5.98. The van der Waals surface area contributed by atoms with Gasteiger partial charge < -0.3 is 15.5 Å². The maximum atomic E-state index is 5.98. The topological polar surface area (TPSA) is 32.5 Å². The second kappa shape index (κ2) is 5.61. The molecule has 1 aliphatic rings. The molecule has 2 N–H and O–H groups in total. The third-order valence-electron chi connectivity index (χ3n) is 4.13. The molecule has 0 radical (unpaired) electrons. The number of likely N-dealkylation sites (tertiary alicyclic amines) is 1. The number of nitrogen functional groups attached to an aromatic ring is 1. The summed E-state index contributed by atoms with van der Waals surface area (Å²) in [6, 6.07) is 6.19. The molecule has 0 unspecified atom stereocenters. The van der Waals surface area contributed by atoms with E-state index >= 15 is 0 Å². The second-order valence-corrected chi connectivity index (χ2v) is 5.62. The molecule has 0 aliphatic carbocycles. The van der Waals surface area contributed by atoms with Crippen molar-refractivity contribution < 1.29 is 0 Å². The zero-order valence-electron chi connectivity index (χ0n) is 11.8. The minimum atomic E-state index is 0.812. The van der Waals surface area contributed by atoms with E-state index in [4.69, 9.17) is 5.73 Å². The molecule has 0 atom stereocenters. The van der Waals surface area contributed by atoms with Crippen molar-refractivity contribution in [1.29, 1.82) is 0 Å². The van der Waals surface area contributed by atoms with Gasteiger partial charge in [-0.3, -0.25) is 0 Å². The lowest BCUT2D eigenvalue weighted by molar-refractivity contribution is 0.222. The molecule has 1 aliphatic heterocycles. The van der Waals surface area contributed by atoms with Gasteiger partial charge in [0.15, 0.2) is 0 Å². The average Bonchev–Trinajstić information content (AvgIpc) is 2.35. The van der Waals surface area contributed by atoms with Crippen molar-refractivity contribution in [3.8, 4) is 0 Å². The highest BCUT2D eigenvalue weighted by Gasteiger charge is 2.19. The number of hydrogen-bond donors (Lipinski definition) is 1. The van der Waals surface area contributed by atoms with Gasteiger partial charge in [0.2, 0.25) is 0 Å². The van der Waals surface area contributed by atoms with E-state index in [9.17, 15) is 0 Å². The first kappa shape index (κ1) is 13.2. The van der Waals surface area contributed by atoms with Crippen LogP contribution in [0, 0.1) is 12.8 Å². The summed E-state index contributed by atoms with van der Waals surface area (Å²) in [4.78, 5) is 4.78. The van der Waals surface area contributed by atoms with E-state index in [1.54, 1.807) is 0 Å². The van der Waals surface area contributed by atoms with E-state index in [2.05, 4.69) is 36.9 Å². The minimum absolute atomic E-state index is 0.812. The van der Waals surface area contributed by atoms with E-state index in [-0.39, 0.29) is 0 Å². The van der Waals surface area contributed by atoms with Crippen molar-refractivity contribution in [2.75, 3.05) is 44.4 Å². The van der Waals surface area contributed by atoms with Crippen LogP contribution in [0.2, 0.25) is 0 Å². The first-order chi connectivity index (χ1) is 8.58. The molecule has 3 nitrogen and oxygen atoms in total. The summed E-state index contributed by atoms with van der Waals surface area (Å²) in [7, 11) is 4.39. The van der Waals surface area contributed by atoms with Crippen LogP contribution in [0.4, 0.5) is 11.4 Å². The maximum Gasteiger partial charge on any atom is 0.0414 e. The Labute approximate surface area is 111 Å². The number of anilines is 2. The molecule has 3 heteroatoms. The summed E-state index contributed by atoms with van der Waals surface area (Å²) < 4.78 is 0. The fourth-order valence-electron chi connectivity index (χ4n) is 2.78. The summed E-state index contributed by atoms with van der Waals surface area (Å²) in [5.74, 6) is 0.812. The van der Waals surface area contributed by atoms with Crippen LogP contribution < -0.4 is 10.6 Å². The van der Waals surface area contributed by atoms with Gasteiger partial charge >= 0.3 is 0 Å². The van der Waals surface area contributed by atoms with Gasteiger partial charge in [-0.1, -0.05) is 6.07 Å². The van der Waals surface area contributed by atoms with Gasteiger partial charge in [0.25, 0.3) is 0 Å². The third kappa shape index (κ3) is 2.96. The summed E-state index contributed by atoms with van der Waals surface area (Å²) in [5, 5.41) is 0. The highest BCUT2D eigenvalue weighted by molar-refractivity contribution is 5.63. The molecular weight excluding hydrogens is 222 g/mol. The largest absolute Gasteiger partial charge is 0.398 e. The van der Waals surface area contributed by atoms with E-state index in [0.29, 0.717) is 0 Å². The molecule has 1 fully saturated rings. The lowest BCUT2D eigenvalue weighted by Crippen LogP contribution is -2.35. The standard InChI is InChI=1S/C15H25N3/c1-12-14(16)5-4-6-15(12)18(3)11-13-7-9-17(2)10-8-13/h4-6,13H,7-11,16H2,1-3H3. The Bertz CT molecular complexity index is 395. The van der Waals surface area contributed by atoms with Gasteiger partial charge in [0.1, 0.15) is 0 Å². The number of nitrogens with two attached hydrogens (primary N) is 1. The SMILES string of the molecule is Cc1c(N)cccc1N(C)CC1CCN(C)CC1. The van der Waals surface area contributed by atoms with Crippen LogP contribution in [-0.4, -0.2) is 38.6 Å². The van der Waals surface area contributed by atoms with Gasteiger partial charge in [0, 0.05) is 25.0 Å². The highest BCUT2D eigenvalue weighted by atomic mass is 15.1. The van der Waals surface area contributed by atoms with Crippen molar-refractivity contribution >= 4 is 11.4 Å². The van der Waals surface area contributed by atoms with Crippen LogP contribution in [0.1, 0.15) is 18.4 Å². The number of benzene rings is 1. The van der Waals surface area contributed by atoms with Crippen molar-refractivity contribution in [1.82, 2.24) is 4.90 Å². The molecule has 0 spiro atoms. The lowest BCUT2D eigenvalue weighted by Gasteiger charge is -2.33. The van der Waals surface area contributed by atoms with Crippen LogP contribution in [0.25, 0.3) is 0 Å². The molecule has 0 aromatic heterocycles. The monoisotopic (exact) mass is 247 g/mol. The predicted molar refractivity (Wildman–Crippen MR) is 79.1 cm³/mol. The summed E-state index contributed by atoms with van der Waals surface area (Å²) in [6.45, 7) is 5.71. The second-order valence-electron chi connectivity index (χ2n) is 5.62. The Hall–Kier alpha value is -1.22. The molecular formula is C15H25N3. The Morgan fingerprint density at radius 3 is 2.67 bits per heavy atom. The van der Waals surface area contributed by atoms with E-state index in [0.717, 1.165) is 18.2 Å². The van der Waals surface area contributed by atoms with E-state index in [1.807, 2.05) is 12.1 Å². The van der Waals surface area contributed by atoms with Crippen LogP contribution in [0.15, 0.2) is 18.2 Å². The quantitative estimate of drug-likeness (QED) is 0.832. The van der Waals surface area contributed by atoms with Gasteiger partial charge in [-0.15, -0.1) is 0 Å². The number of nitrogens with zero attached hydrogens (tertiary/aromatic N) is 2. The molecule has 2 rings (SSSR count). The summed E-state index contributed by atoms with van der Waals surface area (Å²) in [5.41, 5.74) is 9.34. The van der Waals surface area contributed by atoms with E-state index in [1.165, 1.54) is 37.2 Å².